The molecular formula is C12H12BrFN2O2S. The molecule has 19 heavy (non-hydrogen) atoms. The Morgan fingerprint density at radius 1 is 1.47 bits per heavy atom. The van der Waals surface area contributed by atoms with Crippen molar-refractivity contribution in [1.29, 1.82) is 5.26 Å². The summed E-state index contributed by atoms with van der Waals surface area (Å²) in [5, 5.41) is 8.44. The first kappa shape index (κ1) is 14.3. The van der Waals surface area contributed by atoms with Crippen LogP contribution in [-0.2, 0) is 16.4 Å². The summed E-state index contributed by atoms with van der Waals surface area (Å²) in [6.45, 7) is 0.262. The standard InChI is InChI=1S/C12H12BrFN2O2S/c13-10-7-9-3-5-16(12(9)11(14)8-10)19(17,18)6-2-1-4-15/h7-8H,1-3,5-6H2. The lowest BCUT2D eigenvalue weighted by Gasteiger charge is -2.19. The third-order valence-electron chi connectivity index (χ3n) is 2.97. The van der Waals surface area contributed by atoms with Crippen LogP contribution in [0.4, 0.5) is 10.1 Å². The van der Waals surface area contributed by atoms with Gasteiger partial charge in [0.1, 0.15) is 5.82 Å². The van der Waals surface area contributed by atoms with Crippen LogP contribution in [0.25, 0.3) is 0 Å². The molecule has 1 heterocycles. The van der Waals surface area contributed by atoms with E-state index >= 15 is 0 Å². The monoisotopic (exact) mass is 346 g/mol. The van der Waals surface area contributed by atoms with Gasteiger partial charge in [-0.25, -0.2) is 12.8 Å². The molecule has 0 saturated heterocycles. The zero-order valence-corrected chi connectivity index (χ0v) is 12.5. The first-order chi connectivity index (χ1) is 8.95. The van der Waals surface area contributed by atoms with Crippen LogP contribution in [0, 0.1) is 17.1 Å². The van der Waals surface area contributed by atoms with Crippen LogP contribution in [0.15, 0.2) is 16.6 Å². The van der Waals surface area contributed by atoms with Gasteiger partial charge < -0.3 is 0 Å². The highest BCUT2D eigenvalue weighted by Crippen LogP contribution is 2.35. The zero-order chi connectivity index (χ0) is 14.0. The predicted molar refractivity (Wildman–Crippen MR) is 73.8 cm³/mol. The number of nitriles is 1. The van der Waals surface area contributed by atoms with Gasteiger partial charge in [-0.05, 0) is 30.5 Å². The van der Waals surface area contributed by atoms with Crippen LogP contribution < -0.4 is 4.31 Å². The second kappa shape index (κ2) is 5.47. The quantitative estimate of drug-likeness (QED) is 0.787. The molecule has 0 amide bonds. The van der Waals surface area contributed by atoms with Crippen molar-refractivity contribution in [3.63, 3.8) is 0 Å². The van der Waals surface area contributed by atoms with Gasteiger partial charge in [-0.1, -0.05) is 15.9 Å². The Morgan fingerprint density at radius 3 is 2.89 bits per heavy atom. The minimum atomic E-state index is -3.55. The summed E-state index contributed by atoms with van der Waals surface area (Å²) in [6, 6.07) is 4.91. The minimum Gasteiger partial charge on any atom is -0.267 e. The number of benzene rings is 1. The molecule has 0 aliphatic carbocycles. The topological polar surface area (TPSA) is 61.2 Å². The van der Waals surface area contributed by atoms with Crippen molar-refractivity contribution in [3.05, 3.63) is 28.0 Å². The molecule has 1 aromatic carbocycles. The fraction of sp³-hybridized carbons (Fsp3) is 0.417. The molecule has 2 rings (SSSR count). The summed E-state index contributed by atoms with van der Waals surface area (Å²) < 4.78 is 40.0. The number of rotatable bonds is 4. The van der Waals surface area contributed by atoms with Crippen LogP contribution >= 0.6 is 15.9 Å². The van der Waals surface area contributed by atoms with Crippen molar-refractivity contribution in [2.24, 2.45) is 0 Å². The summed E-state index contributed by atoms with van der Waals surface area (Å²) >= 11 is 3.19. The van der Waals surface area contributed by atoms with Crippen molar-refractivity contribution in [1.82, 2.24) is 0 Å². The molecule has 0 atom stereocenters. The van der Waals surface area contributed by atoms with Crippen molar-refractivity contribution < 1.29 is 12.8 Å². The molecule has 1 aliphatic rings. The van der Waals surface area contributed by atoms with Crippen molar-refractivity contribution in [2.75, 3.05) is 16.6 Å². The van der Waals surface area contributed by atoms with E-state index in [2.05, 4.69) is 15.9 Å². The van der Waals surface area contributed by atoms with Crippen LogP contribution in [0.5, 0.6) is 0 Å². The summed E-state index contributed by atoms with van der Waals surface area (Å²) in [6.07, 6.45) is 0.953. The van der Waals surface area contributed by atoms with Gasteiger partial charge in [-0.2, -0.15) is 5.26 Å². The lowest BCUT2D eigenvalue weighted by atomic mass is 10.2. The molecular weight excluding hydrogens is 335 g/mol. The molecule has 0 radical (unpaired) electrons. The molecule has 0 fully saturated rings. The average Bonchev–Trinajstić information content (AvgIpc) is 2.73. The van der Waals surface area contributed by atoms with Gasteiger partial charge in [-0.3, -0.25) is 4.31 Å². The number of fused-ring (bicyclic) bond motifs is 1. The molecule has 0 unspecified atom stereocenters. The summed E-state index contributed by atoms with van der Waals surface area (Å²) in [5.41, 5.74) is 0.843. The fourth-order valence-corrected chi connectivity index (χ4v) is 4.20. The van der Waals surface area contributed by atoms with Gasteiger partial charge in [-0.15, -0.1) is 0 Å². The van der Waals surface area contributed by atoms with Crippen LogP contribution in [0.1, 0.15) is 18.4 Å². The normalized spacial score (nSPS) is 14.3. The molecule has 1 aliphatic heterocycles. The maximum Gasteiger partial charge on any atom is 0.235 e. The molecule has 0 aromatic heterocycles. The fourth-order valence-electron chi connectivity index (χ4n) is 2.14. The molecule has 4 nitrogen and oxygen atoms in total. The largest absolute Gasteiger partial charge is 0.267 e. The van der Waals surface area contributed by atoms with Crippen LogP contribution in [0.2, 0.25) is 0 Å². The number of sulfonamides is 1. The minimum absolute atomic E-state index is 0.129. The number of hydrogen-bond acceptors (Lipinski definition) is 3. The van der Waals surface area contributed by atoms with E-state index in [4.69, 9.17) is 5.26 Å². The maximum absolute atomic E-state index is 13.9. The molecule has 1 aromatic rings. The van der Waals surface area contributed by atoms with E-state index < -0.39 is 15.8 Å². The molecule has 0 spiro atoms. The number of nitrogens with zero attached hydrogens (tertiary/aromatic N) is 2. The lowest BCUT2D eigenvalue weighted by molar-refractivity contribution is 0.586. The Kier molecular flexibility index (Phi) is 4.11. The molecule has 0 saturated carbocycles. The summed E-state index contributed by atoms with van der Waals surface area (Å²) in [5.74, 6) is -0.666. The van der Waals surface area contributed by atoms with Gasteiger partial charge >= 0.3 is 0 Å². The highest BCUT2D eigenvalue weighted by molar-refractivity contribution is 9.10. The van der Waals surface area contributed by atoms with E-state index in [-0.39, 0.29) is 30.8 Å². The highest BCUT2D eigenvalue weighted by atomic mass is 79.9. The number of anilines is 1. The third-order valence-corrected chi connectivity index (χ3v) is 5.27. The van der Waals surface area contributed by atoms with E-state index in [1.165, 1.54) is 6.07 Å². The first-order valence-corrected chi connectivity index (χ1v) is 8.21. The Labute approximate surface area is 120 Å². The summed E-state index contributed by atoms with van der Waals surface area (Å²) in [4.78, 5) is 0. The maximum atomic E-state index is 13.9. The molecule has 0 bridgehead atoms. The number of unbranched alkanes of at least 4 members (excludes halogenated alkanes) is 1. The van der Waals surface area contributed by atoms with E-state index in [1.54, 1.807) is 6.07 Å². The number of hydrogen-bond donors (Lipinski definition) is 0. The lowest BCUT2D eigenvalue weighted by Crippen LogP contribution is -2.31. The first-order valence-electron chi connectivity index (χ1n) is 5.81. The van der Waals surface area contributed by atoms with E-state index in [0.717, 1.165) is 4.31 Å². The van der Waals surface area contributed by atoms with Crippen LogP contribution in [0.3, 0.4) is 0 Å². The van der Waals surface area contributed by atoms with Crippen LogP contribution in [-0.4, -0.2) is 20.7 Å². The third kappa shape index (κ3) is 2.90. The SMILES string of the molecule is N#CCCCS(=O)(=O)N1CCc2cc(Br)cc(F)c21. The van der Waals surface area contributed by atoms with Crippen molar-refractivity contribution >= 4 is 31.6 Å². The average molecular weight is 347 g/mol. The molecule has 7 heteroatoms. The Bertz CT molecular complexity index is 640. The molecule has 102 valence electrons. The van der Waals surface area contributed by atoms with Crippen molar-refractivity contribution in [3.8, 4) is 6.07 Å². The van der Waals surface area contributed by atoms with Gasteiger partial charge in [0.15, 0.2) is 0 Å². The Morgan fingerprint density at radius 2 is 2.21 bits per heavy atom. The van der Waals surface area contributed by atoms with E-state index in [0.29, 0.717) is 16.5 Å². The molecule has 0 N–H and O–H groups in total. The van der Waals surface area contributed by atoms with Gasteiger partial charge in [0, 0.05) is 17.4 Å². The Hall–Kier alpha value is -1.13. The van der Waals surface area contributed by atoms with Crippen molar-refractivity contribution in [2.45, 2.75) is 19.3 Å². The van der Waals surface area contributed by atoms with E-state index in [1.807, 2.05) is 6.07 Å². The van der Waals surface area contributed by atoms with Gasteiger partial charge in [0.2, 0.25) is 10.0 Å². The second-order valence-electron chi connectivity index (χ2n) is 4.30. The summed E-state index contributed by atoms with van der Waals surface area (Å²) in [7, 11) is -3.55. The second-order valence-corrected chi connectivity index (χ2v) is 7.22. The van der Waals surface area contributed by atoms with Gasteiger partial charge in [0.25, 0.3) is 0 Å². The predicted octanol–water partition coefficient (Wildman–Crippen LogP) is 2.58. The highest BCUT2D eigenvalue weighted by Gasteiger charge is 2.31. The number of halogens is 2. The van der Waals surface area contributed by atoms with E-state index in [9.17, 15) is 12.8 Å². The Balaban J connectivity index is 2.30. The zero-order valence-electron chi connectivity index (χ0n) is 10.1. The smallest absolute Gasteiger partial charge is 0.235 e. The van der Waals surface area contributed by atoms with Gasteiger partial charge in [0.05, 0.1) is 17.5 Å².